The van der Waals surface area contributed by atoms with Crippen molar-refractivity contribution in [1.82, 2.24) is 0 Å². The molecule has 1 aliphatic rings. The Kier molecular flexibility index (Phi) is 4.41. The Bertz CT molecular complexity index is 360. The summed E-state index contributed by atoms with van der Waals surface area (Å²) in [6.07, 6.45) is 4.90. The summed E-state index contributed by atoms with van der Waals surface area (Å²) in [4.78, 5) is 0. The second-order valence-electron chi connectivity index (χ2n) is 4.72. The molecule has 94 valence electrons. The van der Waals surface area contributed by atoms with E-state index in [9.17, 15) is 4.39 Å². The second kappa shape index (κ2) is 5.83. The van der Waals surface area contributed by atoms with Crippen LogP contribution in [-0.2, 0) is 11.3 Å². The molecule has 3 heteroatoms. The number of rotatable bonds is 4. The first-order valence-corrected chi connectivity index (χ1v) is 6.63. The van der Waals surface area contributed by atoms with Crippen molar-refractivity contribution in [2.24, 2.45) is 5.92 Å². The van der Waals surface area contributed by atoms with Gasteiger partial charge in [-0.3, -0.25) is 0 Å². The van der Waals surface area contributed by atoms with Gasteiger partial charge in [-0.25, -0.2) is 4.39 Å². The van der Waals surface area contributed by atoms with Crippen LogP contribution in [0.1, 0.15) is 38.2 Å². The number of benzene rings is 1. The quantitative estimate of drug-likeness (QED) is 0.767. The average Bonchev–Trinajstić information content (AvgIpc) is 2.76. The Morgan fingerprint density at radius 2 is 2.24 bits per heavy atom. The fraction of sp³-hybridized carbons (Fsp3) is 0.571. The van der Waals surface area contributed by atoms with Crippen LogP contribution in [0.25, 0.3) is 0 Å². The fourth-order valence-corrected chi connectivity index (χ4v) is 2.64. The maximum Gasteiger partial charge on any atom is 0.130 e. The third-order valence-electron chi connectivity index (χ3n) is 3.60. The molecule has 1 aromatic carbocycles. The van der Waals surface area contributed by atoms with E-state index in [2.05, 4.69) is 6.92 Å². The highest BCUT2D eigenvalue weighted by atomic mass is 35.5. The first kappa shape index (κ1) is 12.8. The molecule has 1 fully saturated rings. The molecule has 0 saturated heterocycles. The average molecular weight is 257 g/mol. The van der Waals surface area contributed by atoms with Crippen LogP contribution in [-0.4, -0.2) is 6.10 Å². The molecular formula is C14H18ClFO. The smallest absolute Gasteiger partial charge is 0.130 e. The monoisotopic (exact) mass is 256 g/mol. The van der Waals surface area contributed by atoms with Crippen LogP contribution in [0.3, 0.4) is 0 Å². The maximum atomic E-state index is 13.5. The van der Waals surface area contributed by atoms with Crippen molar-refractivity contribution in [3.05, 3.63) is 34.6 Å². The van der Waals surface area contributed by atoms with Crippen LogP contribution >= 0.6 is 11.6 Å². The van der Waals surface area contributed by atoms with Crippen molar-refractivity contribution in [3.63, 3.8) is 0 Å². The number of hydrogen-bond acceptors (Lipinski definition) is 1. The summed E-state index contributed by atoms with van der Waals surface area (Å²) < 4.78 is 19.3. The first-order chi connectivity index (χ1) is 8.20. The Morgan fingerprint density at radius 1 is 1.41 bits per heavy atom. The summed E-state index contributed by atoms with van der Waals surface area (Å²) in [7, 11) is 0. The van der Waals surface area contributed by atoms with E-state index in [-0.39, 0.29) is 18.5 Å². The lowest BCUT2D eigenvalue weighted by Crippen LogP contribution is -2.09. The number of halogens is 2. The van der Waals surface area contributed by atoms with E-state index >= 15 is 0 Å². The zero-order chi connectivity index (χ0) is 12.3. The Labute approximate surface area is 107 Å². The second-order valence-corrected chi connectivity index (χ2v) is 5.13. The van der Waals surface area contributed by atoms with Gasteiger partial charge in [0.1, 0.15) is 5.82 Å². The zero-order valence-electron chi connectivity index (χ0n) is 10.1. The topological polar surface area (TPSA) is 9.23 Å². The highest BCUT2D eigenvalue weighted by Crippen LogP contribution is 2.31. The molecule has 0 heterocycles. The molecule has 0 N–H and O–H groups in total. The lowest BCUT2D eigenvalue weighted by molar-refractivity contribution is 0.0413. The number of ether oxygens (including phenoxy) is 1. The maximum absolute atomic E-state index is 13.5. The van der Waals surface area contributed by atoms with Gasteiger partial charge < -0.3 is 4.74 Å². The summed E-state index contributed by atoms with van der Waals surface area (Å²) in [6, 6.07) is 4.74. The molecular weight excluding hydrogens is 239 g/mol. The summed E-state index contributed by atoms with van der Waals surface area (Å²) in [5.41, 5.74) is 0.481. The normalized spacial score (nSPS) is 24.2. The first-order valence-electron chi connectivity index (χ1n) is 6.25. The van der Waals surface area contributed by atoms with Gasteiger partial charge in [-0.05, 0) is 37.3 Å². The molecule has 1 aliphatic carbocycles. The molecule has 17 heavy (non-hydrogen) atoms. The van der Waals surface area contributed by atoms with Crippen molar-refractivity contribution < 1.29 is 9.13 Å². The summed E-state index contributed by atoms with van der Waals surface area (Å²) >= 11 is 5.95. The molecule has 2 atom stereocenters. The Morgan fingerprint density at radius 3 is 2.88 bits per heavy atom. The molecule has 0 unspecified atom stereocenters. The lowest BCUT2D eigenvalue weighted by atomic mass is 10.1. The molecule has 2 rings (SSSR count). The molecule has 1 saturated carbocycles. The van der Waals surface area contributed by atoms with Gasteiger partial charge in [0.2, 0.25) is 0 Å². The van der Waals surface area contributed by atoms with E-state index in [1.165, 1.54) is 18.9 Å². The van der Waals surface area contributed by atoms with E-state index < -0.39 is 0 Å². The van der Waals surface area contributed by atoms with Gasteiger partial charge in [-0.2, -0.15) is 0 Å². The van der Waals surface area contributed by atoms with Crippen molar-refractivity contribution >= 4 is 11.6 Å². The van der Waals surface area contributed by atoms with E-state index in [4.69, 9.17) is 16.3 Å². The molecule has 0 bridgehead atoms. The summed E-state index contributed by atoms with van der Waals surface area (Å²) in [5.74, 6) is 0.499. The van der Waals surface area contributed by atoms with Crippen LogP contribution in [0.15, 0.2) is 18.2 Å². The van der Waals surface area contributed by atoms with Crippen LogP contribution in [0.2, 0.25) is 5.02 Å². The molecule has 0 aromatic heterocycles. The van der Waals surface area contributed by atoms with E-state index in [0.29, 0.717) is 10.6 Å². The third kappa shape index (κ3) is 3.20. The molecule has 0 radical (unpaired) electrons. The molecule has 0 spiro atoms. The van der Waals surface area contributed by atoms with Crippen LogP contribution < -0.4 is 0 Å². The van der Waals surface area contributed by atoms with Crippen LogP contribution in [0.5, 0.6) is 0 Å². The third-order valence-corrected chi connectivity index (χ3v) is 3.95. The van der Waals surface area contributed by atoms with Crippen LogP contribution in [0.4, 0.5) is 4.39 Å². The standard InChI is InChI=1S/C14H18ClFO/c1-2-10-6-7-11(8-10)17-9-12-13(15)4-3-5-14(12)16/h3-5,10-11H,2,6-9H2,1H3/t10-,11+/m0/s1. The van der Waals surface area contributed by atoms with Crippen molar-refractivity contribution in [2.45, 2.75) is 45.3 Å². The van der Waals surface area contributed by atoms with E-state index in [1.807, 2.05) is 0 Å². The largest absolute Gasteiger partial charge is 0.373 e. The SMILES string of the molecule is CC[C@H]1CC[C@@H](OCc2c(F)cccc2Cl)C1. The molecule has 1 aromatic rings. The Balaban J connectivity index is 1.90. The van der Waals surface area contributed by atoms with Crippen molar-refractivity contribution in [2.75, 3.05) is 0 Å². The van der Waals surface area contributed by atoms with Crippen molar-refractivity contribution in [3.8, 4) is 0 Å². The van der Waals surface area contributed by atoms with Gasteiger partial charge in [-0.1, -0.05) is 31.0 Å². The van der Waals surface area contributed by atoms with Crippen molar-refractivity contribution in [1.29, 1.82) is 0 Å². The number of hydrogen-bond donors (Lipinski definition) is 0. The fourth-order valence-electron chi connectivity index (χ4n) is 2.42. The van der Waals surface area contributed by atoms with E-state index in [1.54, 1.807) is 12.1 Å². The molecule has 0 aliphatic heterocycles. The van der Waals surface area contributed by atoms with Gasteiger partial charge in [0.15, 0.2) is 0 Å². The summed E-state index contributed by atoms with van der Waals surface area (Å²) in [5, 5.41) is 0.454. The van der Waals surface area contributed by atoms with Gasteiger partial charge >= 0.3 is 0 Å². The minimum Gasteiger partial charge on any atom is -0.373 e. The summed E-state index contributed by atoms with van der Waals surface area (Å²) in [6.45, 7) is 2.49. The van der Waals surface area contributed by atoms with Crippen LogP contribution in [0, 0.1) is 11.7 Å². The van der Waals surface area contributed by atoms with Gasteiger partial charge in [0.25, 0.3) is 0 Å². The minimum atomic E-state index is -0.275. The highest BCUT2D eigenvalue weighted by molar-refractivity contribution is 6.31. The predicted molar refractivity (Wildman–Crippen MR) is 67.6 cm³/mol. The Hall–Kier alpha value is -0.600. The lowest BCUT2D eigenvalue weighted by Gasteiger charge is -2.13. The minimum absolute atomic E-state index is 0.274. The van der Waals surface area contributed by atoms with E-state index in [0.717, 1.165) is 18.8 Å². The molecule has 1 nitrogen and oxygen atoms in total. The zero-order valence-corrected chi connectivity index (χ0v) is 10.8. The molecule has 0 amide bonds. The predicted octanol–water partition coefficient (Wildman–Crippen LogP) is 4.57. The van der Waals surface area contributed by atoms with Gasteiger partial charge in [0.05, 0.1) is 12.7 Å². The van der Waals surface area contributed by atoms with Gasteiger partial charge in [0, 0.05) is 10.6 Å². The van der Waals surface area contributed by atoms with Gasteiger partial charge in [-0.15, -0.1) is 0 Å². The highest BCUT2D eigenvalue weighted by Gasteiger charge is 2.24.